The van der Waals surface area contributed by atoms with E-state index in [0.717, 1.165) is 0 Å². The predicted molar refractivity (Wildman–Crippen MR) is 94.5 cm³/mol. The molecule has 2 heterocycles. The number of benzene rings is 1. The van der Waals surface area contributed by atoms with Crippen LogP contribution in [0.5, 0.6) is 5.75 Å². The maximum Gasteiger partial charge on any atom is 0.252 e. The summed E-state index contributed by atoms with van der Waals surface area (Å²) in [5.41, 5.74) is 5.35. The molecule has 0 spiro atoms. The van der Waals surface area contributed by atoms with Gasteiger partial charge >= 0.3 is 0 Å². The smallest absolute Gasteiger partial charge is 0.252 e. The van der Waals surface area contributed by atoms with Crippen molar-refractivity contribution in [3.8, 4) is 5.75 Å². The Bertz CT molecular complexity index is 896. The number of nitrogens with zero attached hydrogens (tertiary/aromatic N) is 4. The SMILES string of the molecule is COc1ccc(S(=O)(=O)N2CCN(c3cnccn3)CC2)cc1C(N)=O. The molecule has 1 aliphatic rings. The molecule has 1 saturated heterocycles. The second kappa shape index (κ2) is 7.26. The molecular weight excluding hydrogens is 358 g/mol. The van der Waals surface area contributed by atoms with E-state index < -0.39 is 15.9 Å². The first-order valence-corrected chi connectivity index (χ1v) is 9.36. The van der Waals surface area contributed by atoms with Gasteiger partial charge < -0.3 is 15.4 Å². The van der Waals surface area contributed by atoms with Crippen molar-refractivity contribution in [2.45, 2.75) is 4.90 Å². The Morgan fingerprint density at radius 1 is 1.19 bits per heavy atom. The first-order chi connectivity index (χ1) is 12.4. The molecule has 2 aromatic rings. The molecule has 3 rings (SSSR count). The summed E-state index contributed by atoms with van der Waals surface area (Å²) in [5.74, 6) is 0.209. The number of ether oxygens (including phenoxy) is 1. The van der Waals surface area contributed by atoms with Crippen LogP contribution < -0.4 is 15.4 Å². The van der Waals surface area contributed by atoms with Gasteiger partial charge in [-0.15, -0.1) is 0 Å². The molecule has 0 saturated carbocycles. The van der Waals surface area contributed by atoms with Crippen LogP contribution in [0.1, 0.15) is 10.4 Å². The number of hydrogen-bond donors (Lipinski definition) is 1. The molecule has 0 unspecified atom stereocenters. The Morgan fingerprint density at radius 2 is 1.92 bits per heavy atom. The van der Waals surface area contributed by atoms with E-state index in [-0.39, 0.29) is 16.2 Å². The van der Waals surface area contributed by atoms with Crippen LogP contribution in [-0.4, -0.2) is 61.9 Å². The van der Waals surface area contributed by atoms with E-state index in [1.54, 1.807) is 18.6 Å². The standard InChI is InChI=1S/C16H19N5O4S/c1-25-14-3-2-12(10-13(14)16(17)22)26(23,24)21-8-6-20(7-9-21)15-11-18-4-5-19-15/h2-5,10-11H,6-9H2,1H3,(H2,17,22). The Morgan fingerprint density at radius 3 is 2.50 bits per heavy atom. The molecule has 0 atom stereocenters. The van der Waals surface area contributed by atoms with Gasteiger partial charge in [0.25, 0.3) is 5.91 Å². The first-order valence-electron chi connectivity index (χ1n) is 7.92. The van der Waals surface area contributed by atoms with E-state index >= 15 is 0 Å². The zero-order chi connectivity index (χ0) is 18.7. The second-order valence-corrected chi connectivity index (χ2v) is 7.62. The fraction of sp³-hybridized carbons (Fsp3) is 0.312. The number of piperazine rings is 1. The van der Waals surface area contributed by atoms with Crippen molar-refractivity contribution < 1.29 is 17.9 Å². The van der Waals surface area contributed by atoms with Gasteiger partial charge in [0.05, 0.1) is 23.8 Å². The van der Waals surface area contributed by atoms with Gasteiger partial charge in [-0.25, -0.2) is 13.4 Å². The summed E-state index contributed by atoms with van der Waals surface area (Å²) >= 11 is 0. The van der Waals surface area contributed by atoms with Crippen LogP contribution in [0.2, 0.25) is 0 Å². The van der Waals surface area contributed by atoms with Crippen molar-refractivity contribution in [2.75, 3.05) is 38.2 Å². The fourth-order valence-corrected chi connectivity index (χ4v) is 4.25. The highest BCUT2D eigenvalue weighted by Gasteiger charge is 2.30. The monoisotopic (exact) mass is 377 g/mol. The summed E-state index contributed by atoms with van der Waals surface area (Å²) in [4.78, 5) is 21.8. The van der Waals surface area contributed by atoms with E-state index in [9.17, 15) is 13.2 Å². The molecule has 0 bridgehead atoms. The minimum absolute atomic E-state index is 0.0139. The number of methoxy groups -OCH3 is 1. The highest BCUT2D eigenvalue weighted by Crippen LogP contribution is 2.25. The molecule has 26 heavy (non-hydrogen) atoms. The van der Waals surface area contributed by atoms with Crippen molar-refractivity contribution >= 4 is 21.7 Å². The number of amides is 1. The minimum atomic E-state index is -3.74. The van der Waals surface area contributed by atoms with Crippen LogP contribution in [-0.2, 0) is 10.0 Å². The van der Waals surface area contributed by atoms with Crippen molar-refractivity contribution in [3.05, 3.63) is 42.4 Å². The van der Waals surface area contributed by atoms with Crippen LogP contribution in [0.3, 0.4) is 0 Å². The van der Waals surface area contributed by atoms with Crippen LogP contribution in [0, 0.1) is 0 Å². The molecule has 2 N–H and O–H groups in total. The number of carbonyl (C=O) groups excluding carboxylic acids is 1. The van der Waals surface area contributed by atoms with Crippen molar-refractivity contribution in [2.24, 2.45) is 5.73 Å². The largest absolute Gasteiger partial charge is 0.496 e. The van der Waals surface area contributed by atoms with Gasteiger partial charge in [0.2, 0.25) is 10.0 Å². The van der Waals surface area contributed by atoms with Gasteiger partial charge in [-0.05, 0) is 18.2 Å². The summed E-state index contributed by atoms with van der Waals surface area (Å²) in [6.07, 6.45) is 4.83. The van der Waals surface area contributed by atoms with Gasteiger partial charge in [-0.1, -0.05) is 0 Å². The Labute approximate surface area is 151 Å². The molecule has 1 aromatic heterocycles. The lowest BCUT2D eigenvalue weighted by molar-refractivity contribution is 0.0997. The first kappa shape index (κ1) is 18.1. The van der Waals surface area contributed by atoms with E-state index in [4.69, 9.17) is 10.5 Å². The van der Waals surface area contributed by atoms with E-state index in [0.29, 0.717) is 32.0 Å². The van der Waals surface area contributed by atoms with E-state index in [1.807, 2.05) is 4.90 Å². The lowest BCUT2D eigenvalue weighted by Crippen LogP contribution is -2.49. The van der Waals surface area contributed by atoms with Crippen molar-refractivity contribution in [3.63, 3.8) is 0 Å². The number of nitrogens with two attached hydrogens (primary N) is 1. The van der Waals surface area contributed by atoms with Crippen molar-refractivity contribution in [1.82, 2.24) is 14.3 Å². The number of anilines is 1. The highest BCUT2D eigenvalue weighted by atomic mass is 32.2. The fourth-order valence-electron chi connectivity index (χ4n) is 2.80. The van der Waals surface area contributed by atoms with Crippen molar-refractivity contribution in [1.29, 1.82) is 0 Å². The average Bonchev–Trinajstić information content (AvgIpc) is 2.68. The lowest BCUT2D eigenvalue weighted by atomic mass is 10.2. The number of primary amides is 1. The Kier molecular flexibility index (Phi) is 5.05. The zero-order valence-corrected chi connectivity index (χ0v) is 15.0. The zero-order valence-electron chi connectivity index (χ0n) is 14.2. The maximum absolute atomic E-state index is 12.9. The van der Waals surface area contributed by atoms with Gasteiger partial charge in [0.15, 0.2) is 0 Å². The number of aromatic nitrogens is 2. The third kappa shape index (κ3) is 3.46. The predicted octanol–water partition coefficient (Wildman–Crippen LogP) is 0.0950. The molecular formula is C16H19N5O4S. The third-order valence-electron chi connectivity index (χ3n) is 4.19. The van der Waals surface area contributed by atoms with E-state index in [1.165, 1.54) is 29.6 Å². The van der Waals surface area contributed by atoms with Crippen LogP contribution in [0.25, 0.3) is 0 Å². The summed E-state index contributed by atoms with van der Waals surface area (Å²) in [5, 5.41) is 0. The number of sulfonamides is 1. The number of rotatable bonds is 5. The molecule has 1 aliphatic heterocycles. The molecule has 0 radical (unpaired) electrons. The Balaban J connectivity index is 1.79. The van der Waals surface area contributed by atoms with Gasteiger partial charge in [0, 0.05) is 38.6 Å². The summed E-state index contributed by atoms with van der Waals surface area (Å²) in [6.45, 7) is 1.60. The van der Waals surface area contributed by atoms with E-state index in [2.05, 4.69) is 9.97 Å². The lowest BCUT2D eigenvalue weighted by Gasteiger charge is -2.34. The number of hydrogen-bond acceptors (Lipinski definition) is 7. The summed E-state index contributed by atoms with van der Waals surface area (Å²) in [6, 6.07) is 4.10. The molecule has 0 aliphatic carbocycles. The van der Waals surface area contributed by atoms with Crippen LogP contribution in [0.4, 0.5) is 5.82 Å². The molecule has 1 fully saturated rings. The maximum atomic E-state index is 12.9. The molecule has 9 nitrogen and oxygen atoms in total. The molecule has 10 heteroatoms. The normalized spacial score (nSPS) is 15.7. The number of carbonyl (C=O) groups is 1. The summed E-state index contributed by atoms with van der Waals surface area (Å²) in [7, 11) is -2.35. The highest BCUT2D eigenvalue weighted by molar-refractivity contribution is 7.89. The van der Waals surface area contributed by atoms with Crippen LogP contribution in [0.15, 0.2) is 41.7 Å². The second-order valence-electron chi connectivity index (χ2n) is 5.68. The third-order valence-corrected chi connectivity index (χ3v) is 6.08. The molecule has 138 valence electrons. The van der Waals surface area contributed by atoms with Crippen LogP contribution >= 0.6 is 0 Å². The Hall–Kier alpha value is -2.72. The topological polar surface area (TPSA) is 119 Å². The minimum Gasteiger partial charge on any atom is -0.496 e. The summed E-state index contributed by atoms with van der Waals surface area (Å²) < 4.78 is 32.2. The average molecular weight is 377 g/mol. The quantitative estimate of drug-likeness (QED) is 0.784. The molecule has 1 amide bonds. The molecule has 1 aromatic carbocycles. The van der Waals surface area contributed by atoms with Gasteiger partial charge in [0.1, 0.15) is 11.6 Å². The van der Waals surface area contributed by atoms with Gasteiger partial charge in [-0.3, -0.25) is 9.78 Å². The van der Waals surface area contributed by atoms with Gasteiger partial charge in [-0.2, -0.15) is 4.31 Å².